The molecule has 0 aliphatic rings. The first-order chi connectivity index (χ1) is 7.78. The fourth-order valence-corrected chi connectivity index (χ4v) is 1.76. The molecule has 2 heterocycles. The van der Waals surface area contributed by atoms with E-state index in [4.69, 9.17) is 11.6 Å². The second-order valence-electron chi connectivity index (χ2n) is 3.00. The van der Waals surface area contributed by atoms with Crippen molar-refractivity contribution in [3.05, 3.63) is 29.2 Å². The number of thioether (sulfide) groups is 1. The molecule has 16 heavy (non-hydrogen) atoms. The third-order valence-electron chi connectivity index (χ3n) is 1.88. The average molecular weight is 256 g/mol. The molecule has 0 unspecified atom stereocenters. The summed E-state index contributed by atoms with van der Waals surface area (Å²) in [5.74, 6) is 0.707. The van der Waals surface area contributed by atoms with E-state index in [1.54, 1.807) is 12.3 Å². The number of aromatic nitrogens is 4. The molecule has 0 amide bonds. The summed E-state index contributed by atoms with van der Waals surface area (Å²) in [6.45, 7) is 0.626. The van der Waals surface area contributed by atoms with E-state index in [1.165, 1.54) is 11.8 Å². The number of hydrogen-bond donors (Lipinski definition) is 2. The summed E-state index contributed by atoms with van der Waals surface area (Å²) < 4.78 is 0. The molecule has 0 bridgehead atoms. The molecule has 0 saturated carbocycles. The molecule has 5 nitrogen and oxygen atoms in total. The zero-order valence-electron chi connectivity index (χ0n) is 8.57. The van der Waals surface area contributed by atoms with Crippen LogP contribution in [-0.4, -0.2) is 26.4 Å². The Morgan fingerprint density at radius 2 is 2.38 bits per heavy atom. The highest BCUT2D eigenvalue weighted by Gasteiger charge is 2.02. The maximum Gasteiger partial charge on any atom is 0.190 e. The number of hydrogen-bond acceptors (Lipinski definition) is 5. The van der Waals surface area contributed by atoms with Gasteiger partial charge in [-0.25, -0.2) is 9.97 Å². The average Bonchev–Trinajstić information content (AvgIpc) is 2.78. The van der Waals surface area contributed by atoms with Crippen molar-refractivity contribution in [2.75, 3.05) is 11.6 Å². The molecule has 2 aromatic rings. The largest absolute Gasteiger partial charge is 0.364 e. The second-order valence-corrected chi connectivity index (χ2v) is 4.16. The van der Waals surface area contributed by atoms with Gasteiger partial charge in [-0.1, -0.05) is 23.4 Å². The van der Waals surface area contributed by atoms with E-state index < -0.39 is 0 Å². The number of nitrogens with zero attached hydrogens (tertiary/aromatic N) is 3. The minimum absolute atomic E-state index is 0.437. The van der Waals surface area contributed by atoms with E-state index in [-0.39, 0.29) is 0 Å². The van der Waals surface area contributed by atoms with Crippen LogP contribution in [0.15, 0.2) is 23.5 Å². The predicted molar refractivity (Wildman–Crippen MR) is 64.7 cm³/mol. The van der Waals surface area contributed by atoms with Crippen LogP contribution in [0.4, 0.5) is 5.82 Å². The van der Waals surface area contributed by atoms with Gasteiger partial charge < -0.3 is 5.32 Å². The molecule has 0 saturated heterocycles. The summed E-state index contributed by atoms with van der Waals surface area (Å²) >= 11 is 7.32. The highest BCUT2D eigenvalue weighted by Crippen LogP contribution is 2.17. The third-order valence-corrected chi connectivity index (χ3v) is 2.62. The first kappa shape index (κ1) is 11.2. The van der Waals surface area contributed by atoms with Crippen molar-refractivity contribution in [1.29, 1.82) is 0 Å². The molecular formula is C9H10ClN5S. The molecule has 0 atom stereocenters. The summed E-state index contributed by atoms with van der Waals surface area (Å²) in [6, 6.07) is 3.59. The number of H-pyrrole nitrogens is 1. The topological polar surface area (TPSA) is 66.5 Å². The lowest BCUT2D eigenvalue weighted by molar-refractivity contribution is 0.935. The van der Waals surface area contributed by atoms with Crippen molar-refractivity contribution in [2.24, 2.45) is 0 Å². The van der Waals surface area contributed by atoms with Crippen LogP contribution in [0.3, 0.4) is 0 Å². The van der Waals surface area contributed by atoms with Gasteiger partial charge in [0.2, 0.25) is 0 Å². The van der Waals surface area contributed by atoms with Gasteiger partial charge in [0.1, 0.15) is 11.0 Å². The molecule has 7 heteroatoms. The van der Waals surface area contributed by atoms with Crippen LogP contribution >= 0.6 is 23.4 Å². The second kappa shape index (κ2) is 5.18. The normalized spacial score (nSPS) is 10.4. The fourth-order valence-electron chi connectivity index (χ4n) is 1.15. The van der Waals surface area contributed by atoms with Gasteiger partial charge in [0, 0.05) is 12.3 Å². The van der Waals surface area contributed by atoms with Crippen molar-refractivity contribution >= 4 is 29.2 Å². The molecule has 0 radical (unpaired) electrons. The Morgan fingerprint density at radius 3 is 3.06 bits per heavy atom. The number of halogens is 1. The summed E-state index contributed by atoms with van der Waals surface area (Å²) in [7, 11) is 0. The van der Waals surface area contributed by atoms with E-state index in [1.807, 2.05) is 12.3 Å². The minimum atomic E-state index is 0.437. The standard InChI is InChI=1S/C9H10ClN5S/c1-16-9-13-7(10)4-8(14-9)11-5-6-2-3-12-15-6/h2-4H,5H2,1H3,(H,12,15)(H,11,13,14). The third kappa shape index (κ3) is 2.86. The van der Waals surface area contributed by atoms with Crippen LogP contribution in [0, 0.1) is 0 Å². The first-order valence-corrected chi connectivity index (χ1v) is 6.19. The summed E-state index contributed by atoms with van der Waals surface area (Å²) in [4.78, 5) is 8.33. The van der Waals surface area contributed by atoms with E-state index >= 15 is 0 Å². The predicted octanol–water partition coefficient (Wildman–Crippen LogP) is 2.19. The lowest BCUT2D eigenvalue weighted by Crippen LogP contribution is -2.03. The van der Waals surface area contributed by atoms with Crippen molar-refractivity contribution in [3.8, 4) is 0 Å². The molecule has 0 fully saturated rings. The van der Waals surface area contributed by atoms with E-state index in [0.717, 1.165) is 5.69 Å². The van der Waals surface area contributed by atoms with Gasteiger partial charge in [-0.2, -0.15) is 5.10 Å². The van der Waals surface area contributed by atoms with Gasteiger partial charge >= 0.3 is 0 Å². The summed E-state index contributed by atoms with van der Waals surface area (Å²) in [5, 5.41) is 10.9. The first-order valence-electron chi connectivity index (χ1n) is 4.58. The van der Waals surface area contributed by atoms with Crippen molar-refractivity contribution in [2.45, 2.75) is 11.7 Å². The molecule has 2 N–H and O–H groups in total. The van der Waals surface area contributed by atoms with Crippen molar-refractivity contribution in [1.82, 2.24) is 20.2 Å². The molecular weight excluding hydrogens is 246 g/mol. The zero-order chi connectivity index (χ0) is 11.4. The monoisotopic (exact) mass is 255 g/mol. The molecule has 2 aromatic heterocycles. The van der Waals surface area contributed by atoms with E-state index in [0.29, 0.717) is 22.7 Å². The Labute approximate surface area is 102 Å². The SMILES string of the molecule is CSc1nc(Cl)cc(NCc2ccn[nH]2)n1. The van der Waals surface area contributed by atoms with Gasteiger partial charge in [0.25, 0.3) is 0 Å². The fraction of sp³-hybridized carbons (Fsp3) is 0.222. The lowest BCUT2D eigenvalue weighted by Gasteiger charge is -2.05. The van der Waals surface area contributed by atoms with Crippen LogP contribution in [-0.2, 0) is 6.54 Å². The summed E-state index contributed by atoms with van der Waals surface area (Å²) in [5.41, 5.74) is 0.987. The van der Waals surface area contributed by atoms with Crippen LogP contribution in [0.25, 0.3) is 0 Å². The van der Waals surface area contributed by atoms with Crippen molar-refractivity contribution < 1.29 is 0 Å². The van der Waals surface area contributed by atoms with Gasteiger partial charge in [-0.15, -0.1) is 0 Å². The van der Waals surface area contributed by atoms with Gasteiger partial charge in [0.05, 0.1) is 12.2 Å². The minimum Gasteiger partial charge on any atom is -0.364 e. The maximum absolute atomic E-state index is 5.86. The smallest absolute Gasteiger partial charge is 0.190 e. The maximum atomic E-state index is 5.86. The van der Waals surface area contributed by atoms with Gasteiger partial charge in [0.15, 0.2) is 5.16 Å². The van der Waals surface area contributed by atoms with Crippen LogP contribution in [0.2, 0.25) is 5.15 Å². The number of rotatable bonds is 4. The highest BCUT2D eigenvalue weighted by atomic mass is 35.5. The van der Waals surface area contributed by atoms with E-state index in [2.05, 4.69) is 25.5 Å². The van der Waals surface area contributed by atoms with Crippen LogP contribution in [0.1, 0.15) is 5.69 Å². The lowest BCUT2D eigenvalue weighted by atomic mass is 10.4. The Bertz CT molecular complexity index is 459. The van der Waals surface area contributed by atoms with Gasteiger partial charge in [-0.05, 0) is 12.3 Å². The number of aromatic amines is 1. The number of anilines is 1. The highest BCUT2D eigenvalue weighted by molar-refractivity contribution is 7.98. The molecule has 0 spiro atoms. The Morgan fingerprint density at radius 1 is 1.50 bits per heavy atom. The molecule has 2 rings (SSSR count). The van der Waals surface area contributed by atoms with Crippen LogP contribution in [0.5, 0.6) is 0 Å². The Kier molecular flexibility index (Phi) is 3.63. The molecule has 0 aliphatic carbocycles. The van der Waals surface area contributed by atoms with E-state index in [9.17, 15) is 0 Å². The number of nitrogens with one attached hydrogen (secondary N) is 2. The molecule has 84 valence electrons. The zero-order valence-corrected chi connectivity index (χ0v) is 10.1. The van der Waals surface area contributed by atoms with Crippen molar-refractivity contribution in [3.63, 3.8) is 0 Å². The molecule has 0 aliphatic heterocycles. The molecule has 0 aromatic carbocycles. The summed E-state index contributed by atoms with van der Waals surface area (Å²) in [6.07, 6.45) is 3.61. The Balaban J connectivity index is 2.06. The Hall–Kier alpha value is -1.27. The van der Waals surface area contributed by atoms with Crippen LogP contribution < -0.4 is 5.32 Å². The van der Waals surface area contributed by atoms with Gasteiger partial charge in [-0.3, -0.25) is 5.10 Å². The quantitative estimate of drug-likeness (QED) is 0.498.